The molecule has 0 unspecified atom stereocenters. The number of phenols is 2. The Morgan fingerprint density at radius 1 is 1.13 bits per heavy atom. The van der Waals surface area contributed by atoms with Crippen LogP contribution in [0.2, 0.25) is 0 Å². The molecule has 0 aromatic heterocycles. The molecule has 1 aromatic carbocycles. The molecule has 3 rings (SSSR count). The van der Waals surface area contributed by atoms with Crippen molar-refractivity contribution >= 4 is 23.6 Å². The molecule has 1 heterocycles. The van der Waals surface area contributed by atoms with Crippen molar-refractivity contribution in [2.75, 3.05) is 12.4 Å². The second kappa shape index (κ2) is 13.8. The van der Waals surface area contributed by atoms with Crippen molar-refractivity contribution < 1.29 is 49.7 Å². The normalized spacial score (nSPS) is 30.9. The molecular formula is C26H39NO10S. The fourth-order valence-corrected chi connectivity index (χ4v) is 6.14. The van der Waals surface area contributed by atoms with Crippen LogP contribution in [0.3, 0.4) is 0 Å². The van der Waals surface area contributed by atoms with Crippen LogP contribution in [0.4, 0.5) is 0 Å². The minimum absolute atomic E-state index is 0.101. The minimum Gasteiger partial charge on any atom is -0.507 e. The number of amides is 1. The monoisotopic (exact) mass is 557 g/mol. The van der Waals surface area contributed by atoms with E-state index in [0.29, 0.717) is 5.92 Å². The summed E-state index contributed by atoms with van der Waals surface area (Å²) < 4.78 is 11.0. The van der Waals surface area contributed by atoms with Gasteiger partial charge in [-0.1, -0.05) is 25.8 Å². The highest BCUT2D eigenvalue weighted by Gasteiger charge is 2.48. The van der Waals surface area contributed by atoms with E-state index in [9.17, 15) is 40.2 Å². The SMILES string of the molecule is CCC[C@H]1CC[C@H](C(=O)N[C@@H]([C@H]2O[C@H](SCCOC(=O)c3c(O)cccc3O)[C@H](O)[C@@H](O)[C@H]2O)[C@@H](C)O)C1. The van der Waals surface area contributed by atoms with E-state index in [1.54, 1.807) is 0 Å². The lowest BCUT2D eigenvalue weighted by Crippen LogP contribution is -2.65. The van der Waals surface area contributed by atoms with Crippen LogP contribution < -0.4 is 5.32 Å². The van der Waals surface area contributed by atoms with Crippen molar-refractivity contribution in [1.29, 1.82) is 0 Å². The van der Waals surface area contributed by atoms with Gasteiger partial charge in [0.05, 0.1) is 12.1 Å². The number of ether oxygens (including phenoxy) is 2. The van der Waals surface area contributed by atoms with E-state index in [4.69, 9.17) is 9.47 Å². The zero-order valence-electron chi connectivity index (χ0n) is 21.6. The first kappa shape index (κ1) is 30.5. The molecular weight excluding hydrogens is 518 g/mol. The molecule has 1 saturated carbocycles. The molecule has 0 bridgehead atoms. The van der Waals surface area contributed by atoms with Gasteiger partial charge in [0, 0.05) is 11.7 Å². The summed E-state index contributed by atoms with van der Waals surface area (Å²) in [5, 5.41) is 64.4. The first-order chi connectivity index (χ1) is 18.0. The number of hydrogen-bond acceptors (Lipinski definition) is 11. The molecule has 0 spiro atoms. The predicted molar refractivity (Wildman–Crippen MR) is 139 cm³/mol. The summed E-state index contributed by atoms with van der Waals surface area (Å²) in [4.78, 5) is 25.2. The zero-order chi connectivity index (χ0) is 28.0. The lowest BCUT2D eigenvalue weighted by molar-refractivity contribution is -0.211. The van der Waals surface area contributed by atoms with Gasteiger partial charge in [0.15, 0.2) is 0 Å². The van der Waals surface area contributed by atoms with E-state index in [1.807, 2.05) is 0 Å². The van der Waals surface area contributed by atoms with Gasteiger partial charge in [-0.15, -0.1) is 11.8 Å². The third-order valence-corrected chi connectivity index (χ3v) is 8.34. The van der Waals surface area contributed by atoms with E-state index in [1.165, 1.54) is 25.1 Å². The number of phenolic OH excluding ortho intramolecular Hbond substituents is 2. The molecule has 7 N–H and O–H groups in total. The lowest BCUT2D eigenvalue weighted by atomic mass is 9.91. The topological polar surface area (TPSA) is 186 Å². The van der Waals surface area contributed by atoms with Crippen LogP contribution in [0, 0.1) is 11.8 Å². The smallest absolute Gasteiger partial charge is 0.345 e. The molecule has 214 valence electrons. The number of nitrogens with one attached hydrogen (secondary N) is 1. The summed E-state index contributed by atoms with van der Waals surface area (Å²) in [6.45, 7) is 3.38. The Morgan fingerprint density at radius 2 is 1.82 bits per heavy atom. The maximum Gasteiger partial charge on any atom is 0.345 e. The van der Waals surface area contributed by atoms with E-state index in [0.717, 1.165) is 43.9 Å². The number of aliphatic hydroxyl groups is 4. The number of aromatic hydroxyl groups is 2. The summed E-state index contributed by atoms with van der Waals surface area (Å²) >= 11 is 1.000. The number of carbonyl (C=O) groups is 2. The molecule has 11 nitrogen and oxygen atoms in total. The molecule has 38 heavy (non-hydrogen) atoms. The summed E-state index contributed by atoms with van der Waals surface area (Å²) in [6, 6.07) is 2.81. The first-order valence-electron chi connectivity index (χ1n) is 13.0. The standard InChI is InChI=1S/C26H39NO10S/c1-3-5-14-8-9-15(12-14)24(34)27-19(13(2)28)23-21(32)20(31)22(33)26(37-23)38-11-10-36-25(35)18-16(29)6-4-7-17(18)30/h4,6-7,13-15,19-23,26,28-33H,3,5,8-12H2,1-2H3,(H,27,34)/t13-,14+,15+,19-,20+,21-,22-,23-,26-/m1/s1. The quantitative estimate of drug-likeness (QED) is 0.151. The number of rotatable bonds is 11. The molecule has 12 heteroatoms. The van der Waals surface area contributed by atoms with Crippen LogP contribution in [0.15, 0.2) is 18.2 Å². The molecule has 1 saturated heterocycles. The Balaban J connectivity index is 1.58. The third-order valence-electron chi connectivity index (χ3n) is 7.22. The molecule has 1 amide bonds. The average Bonchev–Trinajstić information content (AvgIpc) is 3.34. The number of hydrogen-bond donors (Lipinski definition) is 7. The molecule has 1 aliphatic carbocycles. The summed E-state index contributed by atoms with van der Waals surface area (Å²) in [5.41, 5.74) is -1.43. The van der Waals surface area contributed by atoms with Crippen LogP contribution in [0.25, 0.3) is 0 Å². The highest BCUT2D eigenvalue weighted by Crippen LogP contribution is 2.35. The summed E-state index contributed by atoms with van der Waals surface area (Å²) in [7, 11) is 0. The molecule has 0 radical (unpaired) electrons. The van der Waals surface area contributed by atoms with Crippen molar-refractivity contribution in [3.05, 3.63) is 23.8 Å². The fourth-order valence-electron chi connectivity index (χ4n) is 5.16. The highest BCUT2D eigenvalue weighted by molar-refractivity contribution is 7.99. The van der Waals surface area contributed by atoms with Crippen molar-refractivity contribution in [2.45, 2.75) is 87.9 Å². The van der Waals surface area contributed by atoms with Crippen LogP contribution in [-0.4, -0.2) is 96.9 Å². The van der Waals surface area contributed by atoms with Gasteiger partial charge in [0.2, 0.25) is 5.91 Å². The van der Waals surface area contributed by atoms with Gasteiger partial charge in [0.1, 0.15) is 53.5 Å². The van der Waals surface area contributed by atoms with Gasteiger partial charge in [0.25, 0.3) is 0 Å². The van der Waals surface area contributed by atoms with E-state index in [2.05, 4.69) is 12.2 Å². The number of carbonyl (C=O) groups excluding carboxylic acids is 2. The van der Waals surface area contributed by atoms with Crippen LogP contribution >= 0.6 is 11.8 Å². The van der Waals surface area contributed by atoms with Crippen molar-refractivity contribution in [1.82, 2.24) is 5.32 Å². The van der Waals surface area contributed by atoms with Gasteiger partial charge >= 0.3 is 5.97 Å². The minimum atomic E-state index is -1.61. The predicted octanol–water partition coefficient (Wildman–Crippen LogP) is 0.877. The molecule has 2 aliphatic rings. The highest BCUT2D eigenvalue weighted by atomic mass is 32.2. The number of thioether (sulfide) groups is 1. The fraction of sp³-hybridized carbons (Fsp3) is 0.692. The maximum absolute atomic E-state index is 13.0. The zero-order valence-corrected chi connectivity index (χ0v) is 22.4. The van der Waals surface area contributed by atoms with Crippen LogP contribution in [-0.2, 0) is 14.3 Å². The number of benzene rings is 1. The Hall–Kier alpha value is -2.09. The molecule has 1 aromatic rings. The second-order valence-electron chi connectivity index (χ2n) is 10.1. The van der Waals surface area contributed by atoms with Gasteiger partial charge in [-0.2, -0.15) is 0 Å². The van der Waals surface area contributed by atoms with Crippen LogP contribution in [0.5, 0.6) is 11.5 Å². The van der Waals surface area contributed by atoms with Crippen molar-refractivity contribution in [2.24, 2.45) is 11.8 Å². The number of esters is 1. The number of aliphatic hydroxyl groups excluding tert-OH is 4. The van der Waals surface area contributed by atoms with Crippen LogP contribution in [0.1, 0.15) is 56.3 Å². The van der Waals surface area contributed by atoms with E-state index >= 15 is 0 Å². The average molecular weight is 558 g/mol. The second-order valence-corrected chi connectivity index (χ2v) is 11.3. The Labute approximate surface area is 226 Å². The van der Waals surface area contributed by atoms with Gasteiger partial charge in [-0.05, 0) is 44.2 Å². The molecule has 9 atom stereocenters. The van der Waals surface area contributed by atoms with E-state index in [-0.39, 0.29) is 29.7 Å². The van der Waals surface area contributed by atoms with Crippen molar-refractivity contribution in [3.8, 4) is 11.5 Å². The Kier molecular flexibility index (Phi) is 11.1. The van der Waals surface area contributed by atoms with E-state index < -0.39 is 59.5 Å². The first-order valence-corrected chi connectivity index (χ1v) is 14.1. The Bertz CT molecular complexity index is 926. The largest absolute Gasteiger partial charge is 0.507 e. The van der Waals surface area contributed by atoms with Gasteiger partial charge < -0.3 is 45.4 Å². The van der Waals surface area contributed by atoms with Gasteiger partial charge in [-0.25, -0.2) is 4.79 Å². The molecule has 1 aliphatic heterocycles. The maximum atomic E-state index is 13.0. The summed E-state index contributed by atoms with van der Waals surface area (Å²) in [6.07, 6.45) is -2.41. The third kappa shape index (κ3) is 7.30. The van der Waals surface area contributed by atoms with Crippen molar-refractivity contribution in [3.63, 3.8) is 0 Å². The lowest BCUT2D eigenvalue weighted by Gasteiger charge is -2.44. The Morgan fingerprint density at radius 3 is 2.45 bits per heavy atom. The van der Waals surface area contributed by atoms with Gasteiger partial charge in [-0.3, -0.25) is 4.79 Å². The molecule has 2 fully saturated rings. The summed E-state index contributed by atoms with van der Waals surface area (Å²) in [5.74, 6) is -1.66.